The van der Waals surface area contributed by atoms with Gasteiger partial charge in [-0.2, -0.15) is 0 Å². The molecule has 0 aliphatic rings. The molecule has 0 heterocycles. The van der Waals surface area contributed by atoms with E-state index < -0.39 is 11.9 Å². The molecule has 0 saturated carbocycles. The number of halogens is 1. The third-order valence-corrected chi connectivity index (χ3v) is 3.34. The van der Waals surface area contributed by atoms with Gasteiger partial charge in [-0.25, -0.2) is 0 Å². The van der Waals surface area contributed by atoms with Crippen molar-refractivity contribution in [2.75, 3.05) is 12.4 Å². The van der Waals surface area contributed by atoms with Crippen LogP contribution in [0.25, 0.3) is 0 Å². The number of carbonyl (C=O) groups excluding carboxylic acids is 2. The van der Waals surface area contributed by atoms with E-state index in [1.165, 1.54) is 7.11 Å². The zero-order chi connectivity index (χ0) is 14.6. The van der Waals surface area contributed by atoms with Crippen LogP contribution in [0.2, 0.25) is 0 Å². The third-order valence-electron chi connectivity index (χ3n) is 2.85. The second kappa shape index (κ2) is 6.70. The Morgan fingerprint density at radius 1 is 1.32 bits per heavy atom. The largest absolute Gasteiger partial charge is 0.468 e. The summed E-state index contributed by atoms with van der Waals surface area (Å²) in [4.78, 5) is 23.8. The highest BCUT2D eigenvalue weighted by molar-refractivity contribution is 9.10. The van der Waals surface area contributed by atoms with Gasteiger partial charge < -0.3 is 10.1 Å². The molecule has 4 nitrogen and oxygen atoms in total. The molecule has 0 saturated heterocycles. The van der Waals surface area contributed by atoms with Crippen molar-refractivity contribution in [2.24, 2.45) is 11.8 Å². The van der Waals surface area contributed by atoms with Gasteiger partial charge in [0.15, 0.2) is 0 Å². The molecule has 0 radical (unpaired) electrons. The standard InChI is InChI=1S/C14H18BrNO3/c1-8(2)12(14(18)19-4)13(17)16-11-6-5-10(15)7-9(11)3/h5-8,12H,1-4H3,(H,16,17). The molecule has 0 bridgehead atoms. The predicted octanol–water partition coefficient (Wildman–Crippen LogP) is 3.14. The smallest absolute Gasteiger partial charge is 0.318 e. The summed E-state index contributed by atoms with van der Waals surface area (Å²) < 4.78 is 5.62. The Morgan fingerprint density at radius 2 is 1.95 bits per heavy atom. The summed E-state index contributed by atoms with van der Waals surface area (Å²) in [5.74, 6) is -1.77. The first-order valence-electron chi connectivity index (χ1n) is 6.01. The van der Waals surface area contributed by atoms with E-state index in [0.29, 0.717) is 5.69 Å². The minimum atomic E-state index is -0.798. The van der Waals surface area contributed by atoms with Gasteiger partial charge in [0.1, 0.15) is 5.92 Å². The molecule has 1 N–H and O–H groups in total. The average Bonchev–Trinajstić information content (AvgIpc) is 2.32. The summed E-state index contributed by atoms with van der Waals surface area (Å²) in [6.07, 6.45) is 0. The normalized spacial score (nSPS) is 12.1. The molecule has 0 fully saturated rings. The van der Waals surface area contributed by atoms with Crippen LogP contribution in [0.3, 0.4) is 0 Å². The van der Waals surface area contributed by atoms with E-state index in [1.54, 1.807) is 6.07 Å². The maximum absolute atomic E-state index is 12.2. The summed E-state index contributed by atoms with van der Waals surface area (Å²) in [7, 11) is 1.29. The Hall–Kier alpha value is -1.36. The molecule has 5 heteroatoms. The number of hydrogen-bond acceptors (Lipinski definition) is 3. The lowest BCUT2D eigenvalue weighted by Crippen LogP contribution is -2.34. The molecule has 0 spiro atoms. The number of carbonyl (C=O) groups is 2. The van der Waals surface area contributed by atoms with Gasteiger partial charge in [-0.3, -0.25) is 9.59 Å². The minimum Gasteiger partial charge on any atom is -0.468 e. The van der Waals surface area contributed by atoms with Crippen molar-refractivity contribution in [2.45, 2.75) is 20.8 Å². The van der Waals surface area contributed by atoms with Gasteiger partial charge in [-0.05, 0) is 36.6 Å². The van der Waals surface area contributed by atoms with Crippen molar-refractivity contribution >= 4 is 33.5 Å². The number of rotatable bonds is 4. The van der Waals surface area contributed by atoms with E-state index in [2.05, 4.69) is 26.0 Å². The van der Waals surface area contributed by atoms with Gasteiger partial charge in [0.2, 0.25) is 5.91 Å². The van der Waals surface area contributed by atoms with Crippen molar-refractivity contribution in [1.29, 1.82) is 0 Å². The zero-order valence-corrected chi connectivity index (χ0v) is 13.1. The number of ether oxygens (including phenoxy) is 1. The maximum Gasteiger partial charge on any atom is 0.318 e. The van der Waals surface area contributed by atoms with Crippen LogP contribution in [0.5, 0.6) is 0 Å². The first kappa shape index (κ1) is 15.7. The Kier molecular flexibility index (Phi) is 5.54. The Labute approximate surface area is 121 Å². The van der Waals surface area contributed by atoms with E-state index in [0.717, 1.165) is 10.0 Å². The molecule has 104 valence electrons. The van der Waals surface area contributed by atoms with Crippen LogP contribution in [-0.2, 0) is 14.3 Å². The first-order valence-corrected chi connectivity index (χ1v) is 6.81. The van der Waals surface area contributed by atoms with Gasteiger partial charge in [0.25, 0.3) is 0 Å². The van der Waals surface area contributed by atoms with Crippen molar-refractivity contribution in [3.63, 3.8) is 0 Å². The molecule has 1 aromatic carbocycles. The van der Waals surface area contributed by atoms with Gasteiger partial charge in [-0.1, -0.05) is 29.8 Å². The van der Waals surface area contributed by atoms with Gasteiger partial charge in [0.05, 0.1) is 7.11 Å². The van der Waals surface area contributed by atoms with Crippen LogP contribution < -0.4 is 5.32 Å². The molecular weight excluding hydrogens is 310 g/mol. The number of aryl methyl sites for hydroxylation is 1. The number of hydrogen-bond donors (Lipinski definition) is 1. The average molecular weight is 328 g/mol. The summed E-state index contributed by atoms with van der Waals surface area (Å²) in [5.41, 5.74) is 1.62. The monoisotopic (exact) mass is 327 g/mol. The van der Waals surface area contributed by atoms with Crippen LogP contribution in [0.4, 0.5) is 5.69 Å². The number of esters is 1. The molecule has 0 aliphatic heterocycles. The molecule has 1 unspecified atom stereocenters. The zero-order valence-electron chi connectivity index (χ0n) is 11.5. The van der Waals surface area contributed by atoms with Crippen LogP contribution in [0.15, 0.2) is 22.7 Å². The minimum absolute atomic E-state index is 0.122. The SMILES string of the molecule is COC(=O)C(C(=O)Nc1ccc(Br)cc1C)C(C)C. The van der Waals surface area contributed by atoms with Crippen LogP contribution in [0, 0.1) is 18.8 Å². The number of methoxy groups -OCH3 is 1. The van der Waals surface area contributed by atoms with E-state index in [9.17, 15) is 9.59 Å². The molecule has 1 amide bonds. The highest BCUT2D eigenvalue weighted by Gasteiger charge is 2.30. The Bertz CT molecular complexity index is 486. The fourth-order valence-electron chi connectivity index (χ4n) is 1.79. The molecule has 0 aliphatic carbocycles. The van der Waals surface area contributed by atoms with Crippen LogP contribution in [-0.4, -0.2) is 19.0 Å². The first-order chi connectivity index (χ1) is 8.86. The molecule has 1 aromatic rings. The molecule has 1 atom stereocenters. The Morgan fingerprint density at radius 3 is 2.42 bits per heavy atom. The summed E-state index contributed by atoms with van der Waals surface area (Å²) >= 11 is 3.36. The van der Waals surface area contributed by atoms with Gasteiger partial charge in [-0.15, -0.1) is 0 Å². The van der Waals surface area contributed by atoms with Gasteiger partial charge >= 0.3 is 5.97 Å². The number of anilines is 1. The second-order valence-electron chi connectivity index (χ2n) is 4.69. The van der Waals surface area contributed by atoms with E-state index in [1.807, 2.05) is 32.9 Å². The third kappa shape index (κ3) is 4.06. The molecular formula is C14H18BrNO3. The van der Waals surface area contributed by atoms with E-state index in [4.69, 9.17) is 0 Å². The van der Waals surface area contributed by atoms with Crippen molar-refractivity contribution in [3.8, 4) is 0 Å². The van der Waals surface area contributed by atoms with Crippen molar-refractivity contribution in [3.05, 3.63) is 28.2 Å². The lowest BCUT2D eigenvalue weighted by Gasteiger charge is -2.18. The number of nitrogens with one attached hydrogen (secondary N) is 1. The highest BCUT2D eigenvalue weighted by atomic mass is 79.9. The fraction of sp³-hybridized carbons (Fsp3) is 0.429. The summed E-state index contributed by atoms with van der Waals surface area (Å²) in [6.45, 7) is 5.52. The Balaban J connectivity index is 2.90. The lowest BCUT2D eigenvalue weighted by atomic mass is 9.95. The second-order valence-corrected chi connectivity index (χ2v) is 5.61. The molecule has 19 heavy (non-hydrogen) atoms. The molecule has 0 aromatic heterocycles. The topological polar surface area (TPSA) is 55.4 Å². The quantitative estimate of drug-likeness (QED) is 0.682. The molecule has 1 rings (SSSR count). The highest BCUT2D eigenvalue weighted by Crippen LogP contribution is 2.22. The summed E-state index contributed by atoms with van der Waals surface area (Å²) in [6, 6.07) is 5.54. The number of amides is 1. The van der Waals surface area contributed by atoms with Crippen LogP contribution >= 0.6 is 15.9 Å². The van der Waals surface area contributed by atoms with Gasteiger partial charge in [0, 0.05) is 10.2 Å². The maximum atomic E-state index is 12.2. The van der Waals surface area contributed by atoms with E-state index >= 15 is 0 Å². The number of benzene rings is 1. The lowest BCUT2D eigenvalue weighted by molar-refractivity contribution is -0.150. The fourth-order valence-corrected chi connectivity index (χ4v) is 2.26. The van der Waals surface area contributed by atoms with Crippen molar-refractivity contribution < 1.29 is 14.3 Å². The van der Waals surface area contributed by atoms with E-state index in [-0.39, 0.29) is 11.8 Å². The summed E-state index contributed by atoms with van der Waals surface area (Å²) in [5, 5.41) is 2.77. The van der Waals surface area contributed by atoms with Crippen LogP contribution in [0.1, 0.15) is 19.4 Å². The van der Waals surface area contributed by atoms with Crippen molar-refractivity contribution in [1.82, 2.24) is 0 Å². The predicted molar refractivity (Wildman–Crippen MR) is 77.9 cm³/mol.